The number of carbonyl (C=O) groups is 2. The largest absolute Gasteiger partial charge is 0.435 e. The molecule has 0 amide bonds. The maximum Gasteiger partial charge on any atom is 0.268 e. The molecular weight excluding hydrogens is 314 g/mol. The summed E-state index contributed by atoms with van der Waals surface area (Å²) in [5.74, 6) is 0.117. The summed E-state index contributed by atoms with van der Waals surface area (Å²) in [6, 6.07) is 13.6. The van der Waals surface area contributed by atoms with Crippen molar-refractivity contribution in [1.29, 1.82) is 0 Å². The van der Waals surface area contributed by atoms with E-state index in [4.69, 9.17) is 16.3 Å². The normalized spacial score (nSPS) is 15.5. The van der Waals surface area contributed by atoms with Gasteiger partial charge in [0.2, 0.25) is 5.78 Å². The first-order valence-electron chi connectivity index (χ1n) is 6.92. The van der Waals surface area contributed by atoms with Gasteiger partial charge in [-0.1, -0.05) is 11.6 Å². The molecule has 2 aromatic carbocycles. The Bertz CT molecular complexity index is 834. The number of rotatable bonds is 3. The van der Waals surface area contributed by atoms with Gasteiger partial charge in [0.15, 0.2) is 5.78 Å². The molecule has 1 heterocycles. The third-order valence-electron chi connectivity index (χ3n) is 3.31. The van der Waals surface area contributed by atoms with Gasteiger partial charge in [0, 0.05) is 22.2 Å². The molecule has 0 saturated heterocycles. The number of halogens is 1. The highest BCUT2D eigenvalue weighted by atomic mass is 35.5. The smallest absolute Gasteiger partial charge is 0.268 e. The number of Topliss-reactive ketones (excluding diaryl/α,β-unsaturated/α-hetero) is 1. The van der Waals surface area contributed by atoms with Crippen LogP contribution < -0.4 is 0 Å². The van der Waals surface area contributed by atoms with Gasteiger partial charge in [-0.25, -0.2) is 4.99 Å². The van der Waals surface area contributed by atoms with Gasteiger partial charge in [-0.3, -0.25) is 9.59 Å². The van der Waals surface area contributed by atoms with Crippen LogP contribution in [-0.2, 0) is 9.53 Å². The second kappa shape index (κ2) is 6.18. The Kier molecular flexibility index (Phi) is 4.08. The van der Waals surface area contributed by atoms with Crippen LogP contribution in [0, 0.1) is 0 Å². The fourth-order valence-electron chi connectivity index (χ4n) is 2.09. The van der Waals surface area contributed by atoms with E-state index in [1.807, 2.05) is 0 Å². The van der Waals surface area contributed by atoms with Crippen molar-refractivity contribution < 1.29 is 14.3 Å². The van der Waals surface area contributed by atoms with Gasteiger partial charge in [0.05, 0.1) is 5.69 Å². The van der Waals surface area contributed by atoms with E-state index in [9.17, 15) is 9.59 Å². The molecule has 23 heavy (non-hydrogen) atoms. The molecule has 0 bridgehead atoms. The van der Waals surface area contributed by atoms with Crippen LogP contribution in [0.15, 0.2) is 59.6 Å². The first kappa shape index (κ1) is 15.2. The van der Waals surface area contributed by atoms with Crippen LogP contribution in [0.4, 0.5) is 5.69 Å². The molecule has 0 aliphatic carbocycles. The summed E-state index contributed by atoms with van der Waals surface area (Å²) in [6.45, 7) is 1.49. The molecule has 0 spiro atoms. The van der Waals surface area contributed by atoms with E-state index in [0.29, 0.717) is 22.0 Å². The van der Waals surface area contributed by atoms with E-state index in [-0.39, 0.29) is 17.5 Å². The van der Waals surface area contributed by atoms with E-state index in [1.165, 1.54) is 13.0 Å². The van der Waals surface area contributed by atoms with Crippen LogP contribution in [0.1, 0.15) is 22.8 Å². The molecule has 1 aliphatic rings. The molecule has 0 N–H and O–H groups in total. The lowest BCUT2D eigenvalue weighted by molar-refractivity contribution is -0.109. The summed E-state index contributed by atoms with van der Waals surface area (Å²) in [5, 5.41) is 0.609. The predicted molar refractivity (Wildman–Crippen MR) is 89.1 cm³/mol. The first-order valence-corrected chi connectivity index (χ1v) is 7.30. The van der Waals surface area contributed by atoms with Gasteiger partial charge in [-0.05, 0) is 55.5 Å². The number of aliphatic imine (C=N–C) groups is 1. The molecular formula is C18H12ClNO3. The minimum Gasteiger partial charge on any atom is -0.435 e. The molecule has 0 saturated carbocycles. The molecule has 5 heteroatoms. The lowest BCUT2D eigenvalue weighted by Crippen LogP contribution is -2.06. The number of ketones is 2. The Morgan fingerprint density at radius 2 is 1.70 bits per heavy atom. The van der Waals surface area contributed by atoms with E-state index < -0.39 is 0 Å². The van der Waals surface area contributed by atoms with Crippen molar-refractivity contribution in [1.82, 2.24) is 0 Å². The SMILES string of the molecule is CC(=O)c1ccc(N=C2OC(c3ccc(Cl)cc3)=CC2=O)cc1. The van der Waals surface area contributed by atoms with Crippen molar-refractivity contribution in [3.63, 3.8) is 0 Å². The van der Waals surface area contributed by atoms with Crippen LogP contribution >= 0.6 is 11.6 Å². The fourth-order valence-corrected chi connectivity index (χ4v) is 2.21. The van der Waals surface area contributed by atoms with Crippen LogP contribution in [0.2, 0.25) is 5.02 Å². The lowest BCUT2D eigenvalue weighted by Gasteiger charge is -2.04. The number of benzene rings is 2. The molecule has 0 aromatic heterocycles. The molecule has 3 rings (SSSR count). The molecule has 0 unspecified atom stereocenters. The second-order valence-corrected chi connectivity index (χ2v) is 5.44. The van der Waals surface area contributed by atoms with Gasteiger partial charge in [-0.2, -0.15) is 0 Å². The second-order valence-electron chi connectivity index (χ2n) is 5.00. The molecule has 2 aromatic rings. The molecule has 114 valence electrons. The molecule has 0 radical (unpaired) electrons. The predicted octanol–water partition coefficient (Wildman–Crippen LogP) is 4.21. The average molecular weight is 326 g/mol. The maximum absolute atomic E-state index is 12.0. The molecule has 4 nitrogen and oxygen atoms in total. The van der Waals surface area contributed by atoms with Gasteiger partial charge in [0.1, 0.15) is 5.76 Å². The Morgan fingerprint density at radius 3 is 2.30 bits per heavy atom. The molecule has 1 aliphatic heterocycles. The molecule has 0 atom stereocenters. The average Bonchev–Trinajstić information content (AvgIpc) is 2.89. The quantitative estimate of drug-likeness (QED) is 0.794. The Labute approximate surface area is 138 Å². The lowest BCUT2D eigenvalue weighted by atomic mass is 10.1. The Morgan fingerprint density at radius 1 is 1.04 bits per heavy atom. The van der Waals surface area contributed by atoms with Gasteiger partial charge >= 0.3 is 0 Å². The van der Waals surface area contributed by atoms with E-state index in [2.05, 4.69) is 4.99 Å². The standard InChI is InChI=1S/C18H12ClNO3/c1-11(21)12-4-8-15(9-5-12)20-18-16(22)10-17(23-18)13-2-6-14(19)7-3-13/h2-10H,1H3. The number of hydrogen-bond donors (Lipinski definition) is 0. The summed E-state index contributed by atoms with van der Waals surface area (Å²) in [4.78, 5) is 27.4. The van der Waals surface area contributed by atoms with E-state index in [1.54, 1.807) is 48.5 Å². The molecule has 0 fully saturated rings. The van der Waals surface area contributed by atoms with E-state index >= 15 is 0 Å². The monoisotopic (exact) mass is 325 g/mol. The first-order chi connectivity index (χ1) is 11.0. The summed E-state index contributed by atoms with van der Waals surface area (Å²) in [6.07, 6.45) is 1.39. The third kappa shape index (κ3) is 3.38. The number of hydrogen-bond acceptors (Lipinski definition) is 4. The minimum absolute atomic E-state index is 0.00512. The van der Waals surface area contributed by atoms with Crippen LogP contribution in [-0.4, -0.2) is 17.5 Å². The van der Waals surface area contributed by atoms with Crippen LogP contribution in [0.3, 0.4) is 0 Å². The zero-order valence-electron chi connectivity index (χ0n) is 12.2. The summed E-state index contributed by atoms with van der Waals surface area (Å²) >= 11 is 5.84. The summed E-state index contributed by atoms with van der Waals surface area (Å²) in [7, 11) is 0. The number of carbonyl (C=O) groups excluding carboxylic acids is 2. The zero-order chi connectivity index (χ0) is 16.4. The topological polar surface area (TPSA) is 55.7 Å². The summed E-state index contributed by atoms with van der Waals surface area (Å²) < 4.78 is 5.53. The van der Waals surface area contributed by atoms with Crippen LogP contribution in [0.5, 0.6) is 0 Å². The highest BCUT2D eigenvalue weighted by Crippen LogP contribution is 2.25. The van der Waals surface area contributed by atoms with Gasteiger partial charge < -0.3 is 4.74 Å². The van der Waals surface area contributed by atoms with Crippen LogP contribution in [0.25, 0.3) is 5.76 Å². The van der Waals surface area contributed by atoms with E-state index in [0.717, 1.165) is 5.56 Å². The van der Waals surface area contributed by atoms with Crippen molar-refractivity contribution in [2.45, 2.75) is 6.92 Å². The Hall–Kier alpha value is -2.72. The van der Waals surface area contributed by atoms with Gasteiger partial charge in [0.25, 0.3) is 5.90 Å². The van der Waals surface area contributed by atoms with Crippen molar-refractivity contribution in [3.05, 3.63) is 70.8 Å². The highest BCUT2D eigenvalue weighted by molar-refractivity contribution is 6.45. The van der Waals surface area contributed by atoms with Crippen molar-refractivity contribution in [2.75, 3.05) is 0 Å². The van der Waals surface area contributed by atoms with Crippen molar-refractivity contribution >= 4 is 40.5 Å². The Balaban J connectivity index is 1.81. The highest BCUT2D eigenvalue weighted by Gasteiger charge is 2.23. The number of ether oxygens (including phenoxy) is 1. The van der Waals surface area contributed by atoms with Gasteiger partial charge in [-0.15, -0.1) is 0 Å². The number of nitrogens with zero attached hydrogens (tertiary/aromatic N) is 1. The third-order valence-corrected chi connectivity index (χ3v) is 3.56. The minimum atomic E-state index is -0.300. The van der Waals surface area contributed by atoms with Crippen molar-refractivity contribution in [3.8, 4) is 0 Å². The van der Waals surface area contributed by atoms with Crippen molar-refractivity contribution in [2.24, 2.45) is 4.99 Å². The maximum atomic E-state index is 12.0. The zero-order valence-corrected chi connectivity index (χ0v) is 13.0. The fraction of sp³-hybridized carbons (Fsp3) is 0.0556. The summed E-state index contributed by atoms with van der Waals surface area (Å²) in [5.41, 5.74) is 1.89.